The summed E-state index contributed by atoms with van der Waals surface area (Å²) in [5.41, 5.74) is 0.677. The normalized spacial score (nSPS) is 16.2. The van der Waals surface area contributed by atoms with E-state index in [4.69, 9.17) is 4.74 Å². The van der Waals surface area contributed by atoms with Crippen LogP contribution in [0.1, 0.15) is 29.1 Å². The molecule has 1 aliphatic rings. The second-order valence-electron chi connectivity index (χ2n) is 7.19. The number of aromatic amines is 1. The van der Waals surface area contributed by atoms with Gasteiger partial charge < -0.3 is 9.72 Å². The topological polar surface area (TPSA) is 109 Å². The summed E-state index contributed by atoms with van der Waals surface area (Å²) < 4.78 is 32.3. The number of nitrogens with zero attached hydrogens (tertiary/aromatic N) is 2. The predicted octanol–water partition coefficient (Wildman–Crippen LogP) is 2.81. The van der Waals surface area contributed by atoms with E-state index in [0.717, 1.165) is 10.4 Å². The molecule has 4 rings (SSSR count). The number of carbonyl (C=O) groups is 1. The third kappa shape index (κ3) is 3.94. The molecule has 0 saturated carbocycles. The number of fused-ring (bicyclic) bond motifs is 1. The van der Waals surface area contributed by atoms with Gasteiger partial charge >= 0.3 is 5.97 Å². The lowest BCUT2D eigenvalue weighted by atomic mass is 9.98. The number of nitrogens with one attached hydrogen (secondary N) is 1. The molecule has 0 radical (unpaired) electrons. The molecule has 8 nitrogen and oxygen atoms in total. The van der Waals surface area contributed by atoms with E-state index in [-0.39, 0.29) is 31.2 Å². The largest absolute Gasteiger partial charge is 0.457 e. The molecule has 160 valence electrons. The highest BCUT2D eigenvalue weighted by molar-refractivity contribution is 7.91. The number of aromatic nitrogens is 2. The molecule has 0 aromatic carbocycles. The summed E-state index contributed by atoms with van der Waals surface area (Å²) in [5, 5.41) is 2.30. The first kappa shape index (κ1) is 21.2. The Morgan fingerprint density at radius 3 is 2.73 bits per heavy atom. The molecule has 0 aliphatic carbocycles. The molecule has 3 aromatic rings. The van der Waals surface area contributed by atoms with Crippen molar-refractivity contribution >= 4 is 48.9 Å². The van der Waals surface area contributed by atoms with Gasteiger partial charge in [0.2, 0.25) is 0 Å². The fourth-order valence-electron chi connectivity index (χ4n) is 3.49. The molecular formula is C19H21N3O5S3. The van der Waals surface area contributed by atoms with Gasteiger partial charge in [-0.05, 0) is 43.7 Å². The van der Waals surface area contributed by atoms with Crippen molar-refractivity contribution in [2.45, 2.75) is 37.5 Å². The van der Waals surface area contributed by atoms with Crippen molar-refractivity contribution in [2.75, 3.05) is 13.1 Å². The molecule has 0 unspecified atom stereocenters. The highest BCUT2D eigenvalue weighted by Crippen LogP contribution is 2.28. The molecule has 0 bridgehead atoms. The number of sulfonamides is 1. The first-order valence-electron chi connectivity index (χ1n) is 9.46. The van der Waals surface area contributed by atoms with Gasteiger partial charge in [-0.3, -0.25) is 9.59 Å². The Balaban J connectivity index is 1.37. The molecule has 0 atom stereocenters. The third-order valence-electron chi connectivity index (χ3n) is 5.32. The maximum atomic E-state index is 12.6. The fraction of sp³-hybridized carbons (Fsp3) is 0.421. The van der Waals surface area contributed by atoms with Gasteiger partial charge in [0.25, 0.3) is 15.6 Å². The van der Waals surface area contributed by atoms with Crippen molar-refractivity contribution in [1.29, 1.82) is 0 Å². The van der Waals surface area contributed by atoms with Crippen LogP contribution in [-0.4, -0.2) is 41.7 Å². The van der Waals surface area contributed by atoms with Gasteiger partial charge in [0.15, 0.2) is 0 Å². The van der Waals surface area contributed by atoms with Crippen molar-refractivity contribution in [3.63, 3.8) is 0 Å². The van der Waals surface area contributed by atoms with Gasteiger partial charge in [-0.2, -0.15) is 4.31 Å². The average Bonchev–Trinajstić information content (AvgIpc) is 3.36. The standard InChI is InChI=1S/C19H21N3O5S3/c1-11-12(2)29-18-16(11)17(23)20-14(21-18)10-27-19(24)13-5-7-22(8-6-13)30(25,26)15-4-3-9-28-15/h3-4,9,13H,5-8,10H2,1-2H3,(H,20,21,23). The van der Waals surface area contributed by atoms with Crippen LogP contribution in [0.5, 0.6) is 0 Å². The number of H-pyrrole nitrogens is 1. The Morgan fingerprint density at radius 2 is 2.07 bits per heavy atom. The van der Waals surface area contributed by atoms with Crippen molar-refractivity contribution in [3.05, 3.63) is 44.1 Å². The zero-order valence-electron chi connectivity index (χ0n) is 16.5. The maximum Gasteiger partial charge on any atom is 0.309 e. The van der Waals surface area contributed by atoms with Gasteiger partial charge in [-0.25, -0.2) is 13.4 Å². The maximum absolute atomic E-state index is 12.6. The van der Waals surface area contributed by atoms with Crippen molar-refractivity contribution in [1.82, 2.24) is 14.3 Å². The summed E-state index contributed by atoms with van der Waals surface area (Å²) >= 11 is 2.62. The molecule has 1 N–H and O–H groups in total. The third-order valence-corrected chi connectivity index (χ3v) is 9.69. The van der Waals surface area contributed by atoms with Crippen LogP contribution in [0.3, 0.4) is 0 Å². The Bertz CT molecular complexity index is 1240. The van der Waals surface area contributed by atoms with Crippen LogP contribution >= 0.6 is 22.7 Å². The number of esters is 1. The number of thiophene rings is 2. The predicted molar refractivity (Wildman–Crippen MR) is 115 cm³/mol. The number of piperidine rings is 1. The van der Waals surface area contributed by atoms with Gasteiger partial charge in [0.1, 0.15) is 21.5 Å². The van der Waals surface area contributed by atoms with Crippen LogP contribution in [0.4, 0.5) is 0 Å². The highest BCUT2D eigenvalue weighted by Gasteiger charge is 2.33. The number of hydrogen-bond acceptors (Lipinski definition) is 8. The fourth-order valence-corrected chi connectivity index (χ4v) is 7.16. The van der Waals surface area contributed by atoms with Gasteiger partial charge in [-0.1, -0.05) is 6.07 Å². The van der Waals surface area contributed by atoms with E-state index >= 15 is 0 Å². The van der Waals surface area contributed by atoms with E-state index < -0.39 is 16.0 Å². The molecule has 3 aromatic heterocycles. The summed E-state index contributed by atoms with van der Waals surface area (Å²) in [6, 6.07) is 3.29. The Morgan fingerprint density at radius 1 is 1.33 bits per heavy atom. The van der Waals surface area contributed by atoms with E-state index in [1.54, 1.807) is 17.5 Å². The molecule has 0 spiro atoms. The Labute approximate surface area is 181 Å². The zero-order chi connectivity index (χ0) is 21.5. The van der Waals surface area contributed by atoms with Crippen molar-refractivity contribution < 1.29 is 17.9 Å². The molecular weight excluding hydrogens is 446 g/mol. The highest BCUT2D eigenvalue weighted by atomic mass is 32.2. The van der Waals surface area contributed by atoms with E-state index in [1.807, 2.05) is 13.8 Å². The first-order valence-corrected chi connectivity index (χ1v) is 12.6. The van der Waals surface area contributed by atoms with E-state index in [1.165, 1.54) is 27.0 Å². The van der Waals surface area contributed by atoms with Crippen LogP contribution in [0.25, 0.3) is 10.2 Å². The van der Waals surface area contributed by atoms with Gasteiger partial charge in [0.05, 0.1) is 11.3 Å². The molecule has 30 heavy (non-hydrogen) atoms. The minimum Gasteiger partial charge on any atom is -0.457 e. The molecule has 11 heteroatoms. The monoisotopic (exact) mass is 467 g/mol. The van der Waals surface area contributed by atoms with E-state index in [0.29, 0.717) is 33.1 Å². The molecule has 1 aliphatic heterocycles. The lowest BCUT2D eigenvalue weighted by molar-refractivity contribution is -0.151. The van der Waals surface area contributed by atoms with E-state index in [2.05, 4.69) is 9.97 Å². The summed E-state index contributed by atoms with van der Waals surface area (Å²) in [6.45, 7) is 4.25. The summed E-state index contributed by atoms with van der Waals surface area (Å²) in [4.78, 5) is 33.5. The smallest absolute Gasteiger partial charge is 0.309 e. The summed E-state index contributed by atoms with van der Waals surface area (Å²) in [6.07, 6.45) is 0.797. The second-order valence-corrected chi connectivity index (χ2v) is 11.5. The average molecular weight is 468 g/mol. The number of carbonyl (C=O) groups excluding carboxylic acids is 1. The molecule has 0 amide bonds. The van der Waals surface area contributed by atoms with Gasteiger partial charge in [-0.15, -0.1) is 22.7 Å². The lowest BCUT2D eigenvalue weighted by Crippen LogP contribution is -2.40. The van der Waals surface area contributed by atoms with E-state index in [9.17, 15) is 18.0 Å². The first-order chi connectivity index (χ1) is 14.3. The quantitative estimate of drug-likeness (QED) is 0.578. The minimum absolute atomic E-state index is 0.117. The van der Waals surface area contributed by atoms with Crippen LogP contribution in [0.15, 0.2) is 26.5 Å². The van der Waals surface area contributed by atoms with Crippen LogP contribution < -0.4 is 5.56 Å². The zero-order valence-corrected chi connectivity index (χ0v) is 19.0. The molecule has 1 saturated heterocycles. The Hall–Kier alpha value is -2.08. The number of rotatable bonds is 5. The number of hydrogen-bond donors (Lipinski definition) is 1. The van der Waals surface area contributed by atoms with Crippen LogP contribution in [0, 0.1) is 19.8 Å². The minimum atomic E-state index is -3.50. The summed E-state index contributed by atoms with van der Waals surface area (Å²) in [7, 11) is -3.50. The van der Waals surface area contributed by atoms with Gasteiger partial charge in [0, 0.05) is 18.0 Å². The Kier molecular flexibility index (Phi) is 5.80. The molecule has 1 fully saturated rings. The lowest BCUT2D eigenvalue weighted by Gasteiger charge is -2.29. The second kappa shape index (κ2) is 8.22. The van der Waals surface area contributed by atoms with Crippen molar-refractivity contribution in [3.8, 4) is 0 Å². The number of ether oxygens (including phenoxy) is 1. The van der Waals surface area contributed by atoms with Crippen molar-refractivity contribution in [2.24, 2.45) is 5.92 Å². The number of aryl methyl sites for hydroxylation is 2. The SMILES string of the molecule is Cc1sc2nc(COC(=O)C3CCN(S(=O)(=O)c4cccs4)CC3)[nH]c(=O)c2c1C. The summed E-state index contributed by atoms with van der Waals surface area (Å²) in [5.74, 6) is -0.467. The molecule has 4 heterocycles. The van der Waals surface area contributed by atoms with Crippen LogP contribution in [0.2, 0.25) is 0 Å². The van der Waals surface area contributed by atoms with Crippen LogP contribution in [-0.2, 0) is 26.2 Å².